The molecule has 0 saturated heterocycles. The molecule has 1 saturated carbocycles. The Kier molecular flexibility index (Phi) is 11.8. The minimum atomic E-state index is -4.24. The topological polar surface area (TPSA) is 86.8 Å². The molecule has 4 aromatic rings. The predicted molar refractivity (Wildman–Crippen MR) is 193 cm³/mol. The van der Waals surface area contributed by atoms with Gasteiger partial charge in [0.05, 0.1) is 10.6 Å². The summed E-state index contributed by atoms with van der Waals surface area (Å²) in [6.07, 6.45) is 5.19. The molecular weight excluding hydrogens is 665 g/mol. The molecule has 1 aliphatic carbocycles. The zero-order valence-corrected chi connectivity index (χ0v) is 29.6. The summed E-state index contributed by atoms with van der Waals surface area (Å²) in [7, 11) is -4.24. The molecule has 1 atom stereocenters. The summed E-state index contributed by atoms with van der Waals surface area (Å²) in [6, 6.07) is 27.2. The van der Waals surface area contributed by atoms with E-state index in [-0.39, 0.29) is 35.5 Å². The van der Waals surface area contributed by atoms with E-state index in [0.717, 1.165) is 47.5 Å². The molecule has 7 nitrogen and oxygen atoms in total. The van der Waals surface area contributed by atoms with Crippen LogP contribution in [0.3, 0.4) is 0 Å². The molecule has 10 heteroatoms. The Morgan fingerprint density at radius 3 is 2.17 bits per heavy atom. The molecule has 0 heterocycles. The van der Waals surface area contributed by atoms with Gasteiger partial charge in [-0.1, -0.05) is 109 Å². The minimum absolute atomic E-state index is 0.0140. The van der Waals surface area contributed by atoms with Crippen LogP contribution in [0.1, 0.15) is 54.4 Å². The average Bonchev–Trinajstić information content (AvgIpc) is 3.07. The largest absolute Gasteiger partial charge is 0.352 e. The minimum Gasteiger partial charge on any atom is -0.352 e. The molecule has 0 unspecified atom stereocenters. The van der Waals surface area contributed by atoms with E-state index in [0.29, 0.717) is 21.2 Å². The van der Waals surface area contributed by atoms with Gasteiger partial charge in [0.15, 0.2) is 0 Å². The van der Waals surface area contributed by atoms with E-state index >= 15 is 0 Å². The maximum atomic E-state index is 14.7. The SMILES string of the molecule is Cc1ccc(S(=O)(=O)N(CC(=O)N(Cc2cccc(Cl)c2)[C@@H](Cc2ccccc2)C(=O)NC2CCCCC2)c2cc(Cl)ccc2C)cc1. The second-order valence-electron chi connectivity index (χ2n) is 12.5. The van der Waals surface area contributed by atoms with E-state index in [1.165, 1.54) is 17.0 Å². The molecule has 252 valence electrons. The van der Waals surface area contributed by atoms with Crippen LogP contribution in [-0.4, -0.2) is 43.8 Å². The Bertz CT molecular complexity index is 1830. The smallest absolute Gasteiger partial charge is 0.264 e. The molecule has 0 bridgehead atoms. The summed E-state index contributed by atoms with van der Waals surface area (Å²) in [5.41, 5.74) is 3.40. The van der Waals surface area contributed by atoms with Crippen LogP contribution in [0.5, 0.6) is 0 Å². The van der Waals surface area contributed by atoms with Crippen molar-refractivity contribution < 1.29 is 18.0 Å². The Balaban J connectivity index is 1.59. The Morgan fingerprint density at radius 1 is 0.812 bits per heavy atom. The quantitative estimate of drug-likeness (QED) is 0.162. The third-order valence-electron chi connectivity index (χ3n) is 8.79. The molecule has 5 rings (SSSR count). The Hall–Kier alpha value is -3.85. The highest BCUT2D eigenvalue weighted by molar-refractivity contribution is 7.92. The van der Waals surface area contributed by atoms with Crippen molar-refractivity contribution >= 4 is 50.7 Å². The van der Waals surface area contributed by atoms with Crippen LogP contribution in [-0.2, 0) is 32.6 Å². The number of nitrogens with zero attached hydrogens (tertiary/aromatic N) is 2. The van der Waals surface area contributed by atoms with Gasteiger partial charge in [-0.25, -0.2) is 8.42 Å². The van der Waals surface area contributed by atoms with E-state index in [4.69, 9.17) is 23.2 Å². The van der Waals surface area contributed by atoms with Crippen molar-refractivity contribution in [3.8, 4) is 0 Å². The fourth-order valence-corrected chi connectivity index (χ4v) is 7.98. The van der Waals surface area contributed by atoms with Gasteiger partial charge in [-0.3, -0.25) is 13.9 Å². The molecule has 0 aliphatic heterocycles. The van der Waals surface area contributed by atoms with Gasteiger partial charge in [-0.05, 0) is 79.8 Å². The summed E-state index contributed by atoms with van der Waals surface area (Å²) < 4.78 is 29.8. The van der Waals surface area contributed by atoms with Crippen LogP contribution in [0.4, 0.5) is 5.69 Å². The van der Waals surface area contributed by atoms with Crippen LogP contribution in [0.2, 0.25) is 10.0 Å². The molecule has 4 aromatic carbocycles. The number of hydrogen-bond acceptors (Lipinski definition) is 4. The molecule has 1 N–H and O–H groups in total. The summed E-state index contributed by atoms with van der Waals surface area (Å²) in [5, 5.41) is 4.05. The maximum Gasteiger partial charge on any atom is 0.264 e. The second kappa shape index (κ2) is 16.0. The fraction of sp³-hybridized carbons (Fsp3) is 0.316. The van der Waals surface area contributed by atoms with E-state index in [1.807, 2.05) is 43.3 Å². The summed E-state index contributed by atoms with van der Waals surface area (Å²) in [6.45, 7) is 3.13. The number of benzene rings is 4. The highest BCUT2D eigenvalue weighted by atomic mass is 35.5. The second-order valence-corrected chi connectivity index (χ2v) is 15.2. The standard InChI is InChI=1S/C38H41Cl2N3O4S/c1-27-16-20-34(21-17-27)48(46,47)43(35-24-32(40)19-18-28(35)2)26-37(44)42(25-30-12-9-13-31(39)22-30)36(23-29-10-5-3-6-11-29)38(45)41-33-14-7-4-8-15-33/h3,5-6,9-13,16-22,24,33,36H,4,7-8,14-15,23,25-26H2,1-2H3,(H,41,45)/t36-/m0/s1. The third-order valence-corrected chi connectivity index (χ3v) is 11.0. The first kappa shape index (κ1) is 35.5. The summed E-state index contributed by atoms with van der Waals surface area (Å²) in [4.78, 5) is 30.5. The number of amides is 2. The lowest BCUT2D eigenvalue weighted by molar-refractivity contribution is -0.140. The fourth-order valence-electron chi connectivity index (χ4n) is 6.13. The molecule has 0 spiro atoms. The summed E-state index contributed by atoms with van der Waals surface area (Å²) in [5.74, 6) is -0.808. The molecule has 1 fully saturated rings. The normalized spacial score (nSPS) is 14.2. The number of nitrogens with one attached hydrogen (secondary N) is 1. The number of carbonyl (C=O) groups excluding carboxylic acids is 2. The highest BCUT2D eigenvalue weighted by Gasteiger charge is 2.36. The van der Waals surface area contributed by atoms with Gasteiger partial charge in [0.25, 0.3) is 10.0 Å². The Labute approximate surface area is 293 Å². The van der Waals surface area contributed by atoms with Crippen molar-refractivity contribution in [1.82, 2.24) is 10.2 Å². The van der Waals surface area contributed by atoms with E-state index in [2.05, 4.69) is 5.32 Å². The average molecular weight is 707 g/mol. The van der Waals surface area contributed by atoms with E-state index in [9.17, 15) is 18.0 Å². The molecule has 48 heavy (non-hydrogen) atoms. The number of hydrogen-bond donors (Lipinski definition) is 1. The van der Waals surface area contributed by atoms with Crippen LogP contribution >= 0.6 is 23.2 Å². The van der Waals surface area contributed by atoms with Crippen molar-refractivity contribution in [3.05, 3.63) is 129 Å². The van der Waals surface area contributed by atoms with Crippen molar-refractivity contribution in [2.45, 2.75) is 75.9 Å². The van der Waals surface area contributed by atoms with Gasteiger partial charge in [0.2, 0.25) is 11.8 Å². The lowest BCUT2D eigenvalue weighted by Gasteiger charge is -2.35. The molecule has 1 aliphatic rings. The van der Waals surface area contributed by atoms with Crippen LogP contribution in [0, 0.1) is 13.8 Å². The number of sulfonamides is 1. The number of aryl methyl sites for hydroxylation is 2. The monoisotopic (exact) mass is 705 g/mol. The van der Waals surface area contributed by atoms with Gasteiger partial charge in [0, 0.05) is 29.1 Å². The first-order valence-electron chi connectivity index (χ1n) is 16.2. The first-order chi connectivity index (χ1) is 23.0. The van der Waals surface area contributed by atoms with Gasteiger partial charge in [-0.2, -0.15) is 0 Å². The molecule has 0 aromatic heterocycles. The lowest BCUT2D eigenvalue weighted by Crippen LogP contribution is -2.55. The molecule has 0 radical (unpaired) electrons. The van der Waals surface area contributed by atoms with Gasteiger partial charge in [0.1, 0.15) is 12.6 Å². The molecular formula is C38H41Cl2N3O4S. The van der Waals surface area contributed by atoms with Crippen LogP contribution in [0.25, 0.3) is 0 Å². The van der Waals surface area contributed by atoms with Crippen molar-refractivity contribution in [3.63, 3.8) is 0 Å². The van der Waals surface area contributed by atoms with E-state index in [1.54, 1.807) is 55.5 Å². The zero-order chi connectivity index (χ0) is 34.3. The van der Waals surface area contributed by atoms with Crippen LogP contribution < -0.4 is 9.62 Å². The number of rotatable bonds is 12. The van der Waals surface area contributed by atoms with Gasteiger partial charge >= 0.3 is 0 Å². The number of anilines is 1. The van der Waals surface area contributed by atoms with E-state index < -0.39 is 28.5 Å². The Morgan fingerprint density at radius 2 is 1.48 bits per heavy atom. The predicted octanol–water partition coefficient (Wildman–Crippen LogP) is 7.89. The number of carbonyl (C=O) groups is 2. The van der Waals surface area contributed by atoms with Gasteiger partial charge < -0.3 is 10.2 Å². The number of halogens is 2. The van der Waals surface area contributed by atoms with Crippen molar-refractivity contribution in [2.24, 2.45) is 0 Å². The van der Waals surface area contributed by atoms with Crippen molar-refractivity contribution in [2.75, 3.05) is 10.8 Å². The highest BCUT2D eigenvalue weighted by Crippen LogP contribution is 2.30. The molecule has 2 amide bonds. The van der Waals surface area contributed by atoms with Gasteiger partial charge in [-0.15, -0.1) is 0 Å². The lowest BCUT2D eigenvalue weighted by atomic mass is 9.94. The summed E-state index contributed by atoms with van der Waals surface area (Å²) >= 11 is 12.8. The first-order valence-corrected chi connectivity index (χ1v) is 18.4. The van der Waals surface area contributed by atoms with Crippen molar-refractivity contribution in [1.29, 1.82) is 0 Å². The zero-order valence-electron chi connectivity index (χ0n) is 27.2. The maximum absolute atomic E-state index is 14.7. The van der Waals surface area contributed by atoms with Crippen LogP contribution in [0.15, 0.2) is 102 Å². The third kappa shape index (κ3) is 8.98.